The lowest BCUT2D eigenvalue weighted by Gasteiger charge is -2.18. The first-order valence-corrected chi connectivity index (χ1v) is 7.29. The van der Waals surface area contributed by atoms with E-state index in [4.69, 9.17) is 10.2 Å². The van der Waals surface area contributed by atoms with Crippen molar-refractivity contribution in [2.45, 2.75) is 38.9 Å². The topological polar surface area (TPSA) is 98.7 Å². The van der Waals surface area contributed by atoms with Crippen LogP contribution in [0.3, 0.4) is 0 Å². The molecule has 0 bridgehead atoms. The van der Waals surface area contributed by atoms with E-state index in [1.165, 1.54) is 0 Å². The van der Waals surface area contributed by atoms with Crippen molar-refractivity contribution in [2.75, 3.05) is 7.05 Å². The molecule has 0 saturated heterocycles. The van der Waals surface area contributed by atoms with Crippen molar-refractivity contribution in [3.05, 3.63) is 35.4 Å². The Balaban J connectivity index is 2.72. The summed E-state index contributed by atoms with van der Waals surface area (Å²) in [6.45, 7) is 4.14. The molecule has 4 N–H and O–H groups in total. The molecular weight excluding hydrogens is 284 g/mol. The van der Waals surface area contributed by atoms with Gasteiger partial charge < -0.3 is 20.8 Å². The van der Waals surface area contributed by atoms with Crippen LogP contribution in [0, 0.1) is 5.92 Å². The average molecular weight is 308 g/mol. The molecular formula is C16H24N2O4. The molecule has 0 spiro atoms. The molecule has 0 aliphatic heterocycles. The highest BCUT2D eigenvalue weighted by Gasteiger charge is 2.20. The zero-order chi connectivity index (χ0) is 16.7. The molecule has 0 aliphatic rings. The van der Waals surface area contributed by atoms with Gasteiger partial charge in [-0.2, -0.15) is 0 Å². The molecule has 2 atom stereocenters. The Morgan fingerprint density at radius 1 is 1.14 bits per heavy atom. The summed E-state index contributed by atoms with van der Waals surface area (Å²) in [5, 5.41) is 24.0. The van der Waals surface area contributed by atoms with E-state index >= 15 is 0 Å². The van der Waals surface area contributed by atoms with Crippen LogP contribution in [-0.4, -0.2) is 41.3 Å². The Kier molecular flexibility index (Phi) is 7.01. The fourth-order valence-corrected chi connectivity index (χ4v) is 2.25. The number of carbonyl (C=O) groups is 2. The fourth-order valence-electron chi connectivity index (χ4n) is 2.25. The maximum Gasteiger partial charge on any atom is 0.321 e. The van der Waals surface area contributed by atoms with E-state index in [0.29, 0.717) is 13.0 Å². The number of rotatable bonds is 9. The molecule has 2 unspecified atom stereocenters. The highest BCUT2D eigenvalue weighted by Crippen LogP contribution is 2.10. The van der Waals surface area contributed by atoms with Crippen LogP contribution in [0.2, 0.25) is 0 Å². The van der Waals surface area contributed by atoms with Gasteiger partial charge in [-0.25, -0.2) is 0 Å². The minimum atomic E-state index is -0.892. The molecule has 122 valence electrons. The van der Waals surface area contributed by atoms with Gasteiger partial charge in [0, 0.05) is 6.54 Å². The third-order valence-electron chi connectivity index (χ3n) is 3.54. The molecule has 0 aromatic heterocycles. The Labute approximate surface area is 130 Å². The van der Waals surface area contributed by atoms with E-state index in [0.717, 1.165) is 11.1 Å². The summed E-state index contributed by atoms with van der Waals surface area (Å²) in [7, 11) is 1.62. The molecule has 0 aliphatic carbocycles. The van der Waals surface area contributed by atoms with Crippen LogP contribution in [0.4, 0.5) is 0 Å². The van der Waals surface area contributed by atoms with Crippen molar-refractivity contribution in [1.82, 2.24) is 10.6 Å². The first kappa shape index (κ1) is 18.1. The average Bonchev–Trinajstić information content (AvgIpc) is 2.44. The van der Waals surface area contributed by atoms with Gasteiger partial charge in [-0.05, 0) is 30.5 Å². The van der Waals surface area contributed by atoms with Gasteiger partial charge in [0.1, 0.15) is 12.1 Å². The maximum atomic E-state index is 11.2. The number of benzene rings is 1. The highest BCUT2D eigenvalue weighted by molar-refractivity contribution is 5.74. The molecule has 22 heavy (non-hydrogen) atoms. The summed E-state index contributed by atoms with van der Waals surface area (Å²) >= 11 is 0. The van der Waals surface area contributed by atoms with Gasteiger partial charge in [-0.3, -0.25) is 9.59 Å². The van der Waals surface area contributed by atoms with E-state index in [9.17, 15) is 9.59 Å². The largest absolute Gasteiger partial charge is 0.480 e. The van der Waals surface area contributed by atoms with Crippen molar-refractivity contribution in [1.29, 1.82) is 0 Å². The number of likely N-dealkylation sites (N-methyl/N-ethyl adjacent to an activating group) is 1. The standard InChI is InChI=1S/C16H24N2O4/c1-10(2)14(16(21)22)18-9-12-6-4-5-11(7-12)8-13(17-3)15(19)20/h4-7,10,13-14,17-18H,8-9H2,1-3H3,(H,19,20)(H,21,22). The second kappa shape index (κ2) is 8.51. The summed E-state index contributed by atoms with van der Waals surface area (Å²) in [5.41, 5.74) is 1.84. The lowest BCUT2D eigenvalue weighted by atomic mass is 10.0. The predicted octanol–water partition coefficient (Wildman–Crippen LogP) is 1.10. The van der Waals surface area contributed by atoms with Crippen LogP contribution < -0.4 is 10.6 Å². The third-order valence-corrected chi connectivity index (χ3v) is 3.54. The maximum absolute atomic E-state index is 11.2. The van der Waals surface area contributed by atoms with Crippen LogP contribution in [0.25, 0.3) is 0 Å². The molecule has 0 radical (unpaired) electrons. The quantitative estimate of drug-likeness (QED) is 0.545. The Bertz CT molecular complexity index is 517. The monoisotopic (exact) mass is 308 g/mol. The second-order valence-corrected chi connectivity index (χ2v) is 5.64. The van der Waals surface area contributed by atoms with Crippen molar-refractivity contribution >= 4 is 11.9 Å². The van der Waals surface area contributed by atoms with E-state index < -0.39 is 24.0 Å². The van der Waals surface area contributed by atoms with Crippen LogP contribution in [-0.2, 0) is 22.6 Å². The van der Waals surface area contributed by atoms with Gasteiger partial charge in [0.25, 0.3) is 0 Å². The Morgan fingerprint density at radius 2 is 1.77 bits per heavy atom. The van der Waals surface area contributed by atoms with Crippen molar-refractivity contribution in [2.24, 2.45) is 5.92 Å². The predicted molar refractivity (Wildman–Crippen MR) is 83.7 cm³/mol. The van der Waals surface area contributed by atoms with E-state index in [-0.39, 0.29) is 5.92 Å². The fraction of sp³-hybridized carbons (Fsp3) is 0.500. The number of carboxylic acid groups (broad SMARTS) is 2. The summed E-state index contributed by atoms with van der Waals surface area (Å²) < 4.78 is 0. The summed E-state index contributed by atoms with van der Waals surface area (Å²) in [6, 6.07) is 6.28. The van der Waals surface area contributed by atoms with Crippen LogP contribution in [0.5, 0.6) is 0 Å². The van der Waals surface area contributed by atoms with Gasteiger partial charge in [0.05, 0.1) is 0 Å². The van der Waals surface area contributed by atoms with E-state index in [1.54, 1.807) is 7.05 Å². The lowest BCUT2D eigenvalue weighted by molar-refractivity contribution is -0.141. The van der Waals surface area contributed by atoms with Crippen LogP contribution in [0.15, 0.2) is 24.3 Å². The number of hydrogen-bond donors (Lipinski definition) is 4. The lowest BCUT2D eigenvalue weighted by Crippen LogP contribution is -2.40. The molecule has 0 heterocycles. The summed E-state index contributed by atoms with van der Waals surface area (Å²) in [5.74, 6) is -1.77. The Hall–Kier alpha value is -1.92. The third kappa shape index (κ3) is 5.46. The smallest absolute Gasteiger partial charge is 0.321 e. The second-order valence-electron chi connectivity index (χ2n) is 5.64. The number of aliphatic carboxylic acids is 2. The first-order valence-electron chi connectivity index (χ1n) is 7.29. The van der Waals surface area contributed by atoms with Crippen molar-refractivity contribution < 1.29 is 19.8 Å². The molecule has 0 fully saturated rings. The van der Waals surface area contributed by atoms with Gasteiger partial charge >= 0.3 is 11.9 Å². The van der Waals surface area contributed by atoms with Crippen LogP contribution in [0.1, 0.15) is 25.0 Å². The molecule has 6 nitrogen and oxygen atoms in total. The molecule has 6 heteroatoms. The van der Waals surface area contributed by atoms with E-state index in [1.807, 2.05) is 38.1 Å². The molecule has 1 aromatic rings. The van der Waals surface area contributed by atoms with Crippen molar-refractivity contribution in [3.63, 3.8) is 0 Å². The minimum absolute atomic E-state index is 0.0126. The molecule has 0 amide bonds. The highest BCUT2D eigenvalue weighted by atomic mass is 16.4. The normalized spacial score (nSPS) is 13.8. The minimum Gasteiger partial charge on any atom is -0.480 e. The number of hydrogen-bond acceptors (Lipinski definition) is 4. The van der Waals surface area contributed by atoms with Gasteiger partial charge in [-0.1, -0.05) is 38.1 Å². The summed E-state index contributed by atoms with van der Waals surface area (Å²) in [4.78, 5) is 22.2. The molecule has 0 saturated carbocycles. The van der Waals surface area contributed by atoms with Crippen molar-refractivity contribution in [3.8, 4) is 0 Å². The number of carboxylic acids is 2. The van der Waals surface area contributed by atoms with Gasteiger partial charge in [0.2, 0.25) is 0 Å². The van der Waals surface area contributed by atoms with Crippen LogP contribution >= 0.6 is 0 Å². The molecule has 1 rings (SSSR count). The zero-order valence-corrected chi connectivity index (χ0v) is 13.2. The summed E-state index contributed by atoms with van der Waals surface area (Å²) in [6.07, 6.45) is 0.381. The number of nitrogens with one attached hydrogen (secondary N) is 2. The van der Waals surface area contributed by atoms with Gasteiger partial charge in [0.15, 0.2) is 0 Å². The zero-order valence-electron chi connectivity index (χ0n) is 13.2. The first-order chi connectivity index (χ1) is 10.3. The SMILES string of the molecule is CNC(Cc1cccc(CNC(C(=O)O)C(C)C)c1)C(=O)O. The molecule has 1 aromatic carbocycles. The van der Waals surface area contributed by atoms with Gasteiger partial charge in [-0.15, -0.1) is 0 Å². The Morgan fingerprint density at radius 3 is 2.27 bits per heavy atom. The van der Waals surface area contributed by atoms with E-state index in [2.05, 4.69) is 10.6 Å².